The zero-order valence-electron chi connectivity index (χ0n) is 10.3. The highest BCUT2D eigenvalue weighted by molar-refractivity contribution is 9.11. The Morgan fingerprint density at radius 2 is 1.89 bits per heavy atom. The number of hydrogen-bond acceptors (Lipinski definition) is 3. The molecule has 1 heterocycles. The SMILES string of the molecule is CC(C)Oc1ccccc1C(O)c1ccc(Br)s1. The van der Waals surface area contributed by atoms with Gasteiger partial charge in [0.2, 0.25) is 0 Å². The van der Waals surface area contributed by atoms with Crippen molar-refractivity contribution in [3.8, 4) is 5.75 Å². The fraction of sp³-hybridized carbons (Fsp3) is 0.286. The summed E-state index contributed by atoms with van der Waals surface area (Å²) in [7, 11) is 0. The van der Waals surface area contributed by atoms with Crippen LogP contribution in [0.25, 0.3) is 0 Å². The first-order chi connectivity index (χ1) is 8.58. The molecule has 2 rings (SSSR count). The Balaban J connectivity index is 2.32. The normalized spacial score (nSPS) is 12.7. The van der Waals surface area contributed by atoms with Gasteiger partial charge in [-0.15, -0.1) is 11.3 Å². The molecule has 0 bridgehead atoms. The Morgan fingerprint density at radius 3 is 2.50 bits per heavy atom. The molecule has 0 spiro atoms. The van der Waals surface area contributed by atoms with Crippen molar-refractivity contribution in [2.24, 2.45) is 0 Å². The van der Waals surface area contributed by atoms with Gasteiger partial charge in [0.15, 0.2) is 0 Å². The van der Waals surface area contributed by atoms with Gasteiger partial charge in [-0.2, -0.15) is 0 Å². The maximum absolute atomic E-state index is 10.4. The molecule has 0 aliphatic carbocycles. The lowest BCUT2D eigenvalue weighted by Gasteiger charge is -2.17. The molecule has 0 radical (unpaired) electrons. The molecule has 0 fully saturated rings. The number of halogens is 1. The molecule has 96 valence electrons. The number of thiophene rings is 1. The summed E-state index contributed by atoms with van der Waals surface area (Å²) >= 11 is 4.94. The monoisotopic (exact) mass is 326 g/mol. The van der Waals surface area contributed by atoms with Gasteiger partial charge in [0.05, 0.1) is 9.89 Å². The zero-order valence-corrected chi connectivity index (χ0v) is 12.7. The van der Waals surface area contributed by atoms with Gasteiger partial charge >= 0.3 is 0 Å². The molecule has 0 saturated heterocycles. The van der Waals surface area contributed by atoms with Crippen LogP contribution in [0.5, 0.6) is 5.75 Å². The summed E-state index contributed by atoms with van der Waals surface area (Å²) in [5.74, 6) is 0.740. The topological polar surface area (TPSA) is 29.5 Å². The molecule has 1 aromatic carbocycles. The standard InChI is InChI=1S/C14H15BrO2S/c1-9(2)17-11-6-4-3-5-10(11)14(16)12-7-8-13(15)18-12/h3-9,14,16H,1-2H3. The summed E-state index contributed by atoms with van der Waals surface area (Å²) < 4.78 is 6.74. The lowest BCUT2D eigenvalue weighted by molar-refractivity contribution is 0.200. The highest BCUT2D eigenvalue weighted by atomic mass is 79.9. The minimum Gasteiger partial charge on any atom is -0.491 e. The molecule has 1 unspecified atom stereocenters. The van der Waals surface area contributed by atoms with Gasteiger partial charge < -0.3 is 9.84 Å². The van der Waals surface area contributed by atoms with Crippen LogP contribution in [-0.2, 0) is 0 Å². The Kier molecular flexibility index (Phi) is 4.43. The molecule has 1 aromatic heterocycles. The van der Waals surface area contributed by atoms with Crippen LogP contribution in [0.1, 0.15) is 30.4 Å². The van der Waals surface area contributed by atoms with Crippen molar-refractivity contribution >= 4 is 27.3 Å². The van der Waals surface area contributed by atoms with Gasteiger partial charge in [-0.25, -0.2) is 0 Å². The average molecular weight is 327 g/mol. The predicted octanol–water partition coefficient (Wildman–Crippen LogP) is 4.38. The zero-order chi connectivity index (χ0) is 13.1. The summed E-state index contributed by atoms with van der Waals surface area (Å²) in [5, 5.41) is 10.4. The van der Waals surface area contributed by atoms with E-state index in [1.165, 1.54) is 11.3 Å². The second kappa shape index (κ2) is 5.87. The van der Waals surface area contributed by atoms with E-state index in [9.17, 15) is 5.11 Å². The molecular formula is C14H15BrO2S. The average Bonchev–Trinajstić information content (AvgIpc) is 2.75. The van der Waals surface area contributed by atoms with E-state index < -0.39 is 6.10 Å². The van der Waals surface area contributed by atoms with E-state index in [0.717, 1.165) is 20.0 Å². The van der Waals surface area contributed by atoms with Crippen molar-refractivity contribution in [3.63, 3.8) is 0 Å². The van der Waals surface area contributed by atoms with Crippen molar-refractivity contribution in [1.29, 1.82) is 0 Å². The fourth-order valence-corrected chi connectivity index (χ4v) is 3.13. The van der Waals surface area contributed by atoms with E-state index in [-0.39, 0.29) is 6.10 Å². The number of para-hydroxylation sites is 1. The van der Waals surface area contributed by atoms with Crippen LogP contribution in [-0.4, -0.2) is 11.2 Å². The number of rotatable bonds is 4. The van der Waals surface area contributed by atoms with Gasteiger partial charge in [-0.1, -0.05) is 18.2 Å². The third kappa shape index (κ3) is 3.13. The quantitative estimate of drug-likeness (QED) is 0.903. The van der Waals surface area contributed by atoms with Crippen molar-refractivity contribution in [2.45, 2.75) is 26.1 Å². The number of aliphatic hydroxyl groups is 1. The summed E-state index contributed by atoms with van der Waals surface area (Å²) in [6.45, 7) is 3.95. The van der Waals surface area contributed by atoms with Gasteiger partial charge in [0, 0.05) is 10.4 Å². The van der Waals surface area contributed by atoms with Crippen LogP contribution in [0.4, 0.5) is 0 Å². The third-order valence-electron chi connectivity index (χ3n) is 2.44. The van der Waals surface area contributed by atoms with Gasteiger partial charge in [0.1, 0.15) is 11.9 Å². The predicted molar refractivity (Wildman–Crippen MR) is 78.3 cm³/mol. The Bertz CT molecular complexity index is 522. The molecule has 0 saturated carbocycles. The molecule has 2 nitrogen and oxygen atoms in total. The Hall–Kier alpha value is -0.840. The van der Waals surface area contributed by atoms with Crippen LogP contribution < -0.4 is 4.74 Å². The molecular weight excluding hydrogens is 312 g/mol. The lowest BCUT2D eigenvalue weighted by Crippen LogP contribution is -2.09. The summed E-state index contributed by atoms with van der Waals surface area (Å²) in [6, 6.07) is 11.5. The largest absolute Gasteiger partial charge is 0.491 e. The number of benzene rings is 1. The van der Waals surface area contributed by atoms with Crippen molar-refractivity contribution in [1.82, 2.24) is 0 Å². The summed E-state index contributed by atoms with van der Waals surface area (Å²) in [6.07, 6.45) is -0.551. The van der Waals surface area contributed by atoms with Gasteiger partial charge in [-0.3, -0.25) is 0 Å². The number of ether oxygens (including phenoxy) is 1. The first-order valence-electron chi connectivity index (χ1n) is 5.77. The molecule has 0 aliphatic rings. The van der Waals surface area contributed by atoms with E-state index >= 15 is 0 Å². The van der Waals surface area contributed by atoms with Crippen LogP contribution in [0.15, 0.2) is 40.2 Å². The molecule has 18 heavy (non-hydrogen) atoms. The van der Waals surface area contributed by atoms with E-state index in [4.69, 9.17) is 4.74 Å². The molecule has 0 amide bonds. The second-order valence-electron chi connectivity index (χ2n) is 4.25. The molecule has 1 atom stereocenters. The molecule has 2 aromatic rings. The lowest BCUT2D eigenvalue weighted by atomic mass is 10.1. The van der Waals surface area contributed by atoms with Gasteiger partial charge in [0.25, 0.3) is 0 Å². The minimum absolute atomic E-state index is 0.0911. The number of aliphatic hydroxyl groups excluding tert-OH is 1. The highest BCUT2D eigenvalue weighted by Crippen LogP contribution is 2.35. The van der Waals surface area contributed by atoms with Crippen LogP contribution in [0, 0.1) is 0 Å². The molecule has 0 aliphatic heterocycles. The van der Waals surface area contributed by atoms with E-state index in [1.54, 1.807) is 0 Å². The third-order valence-corrected chi connectivity index (χ3v) is 4.12. The second-order valence-corrected chi connectivity index (χ2v) is 6.74. The maximum atomic E-state index is 10.4. The van der Waals surface area contributed by atoms with E-state index in [2.05, 4.69) is 15.9 Å². The van der Waals surface area contributed by atoms with Crippen molar-refractivity contribution in [2.75, 3.05) is 0 Å². The van der Waals surface area contributed by atoms with E-state index in [0.29, 0.717) is 0 Å². The first-order valence-corrected chi connectivity index (χ1v) is 7.37. The Labute approximate surface area is 119 Å². The Morgan fingerprint density at radius 1 is 1.17 bits per heavy atom. The molecule has 1 N–H and O–H groups in total. The molecule has 4 heteroatoms. The van der Waals surface area contributed by atoms with Crippen molar-refractivity contribution in [3.05, 3.63) is 50.6 Å². The highest BCUT2D eigenvalue weighted by Gasteiger charge is 2.17. The summed E-state index contributed by atoms with van der Waals surface area (Å²) in [4.78, 5) is 0.904. The minimum atomic E-state index is -0.642. The first kappa shape index (κ1) is 13.6. The maximum Gasteiger partial charge on any atom is 0.125 e. The fourth-order valence-electron chi connectivity index (χ4n) is 1.70. The van der Waals surface area contributed by atoms with Crippen LogP contribution in [0.2, 0.25) is 0 Å². The number of hydrogen-bond donors (Lipinski definition) is 1. The van der Waals surface area contributed by atoms with Crippen LogP contribution in [0.3, 0.4) is 0 Å². The van der Waals surface area contributed by atoms with Gasteiger partial charge in [-0.05, 0) is 48.0 Å². The summed E-state index contributed by atoms with van der Waals surface area (Å²) in [5.41, 5.74) is 0.806. The smallest absolute Gasteiger partial charge is 0.125 e. The van der Waals surface area contributed by atoms with Crippen LogP contribution >= 0.6 is 27.3 Å². The van der Waals surface area contributed by atoms with Crippen molar-refractivity contribution < 1.29 is 9.84 Å². The van der Waals surface area contributed by atoms with E-state index in [1.807, 2.05) is 50.2 Å².